The molecule has 4 aromatic carbocycles. The summed E-state index contributed by atoms with van der Waals surface area (Å²) >= 11 is 12.4. The van der Waals surface area contributed by atoms with Gasteiger partial charge in [-0.2, -0.15) is 0 Å². The number of halogens is 3. The van der Waals surface area contributed by atoms with Gasteiger partial charge in [0.2, 0.25) is 11.8 Å². The molecular weight excluding hydrogens is 700 g/mol. The van der Waals surface area contributed by atoms with Crippen LogP contribution in [-0.4, -0.2) is 53.5 Å². The van der Waals surface area contributed by atoms with Crippen LogP contribution in [0.4, 0.5) is 4.39 Å². The first-order valence-corrected chi connectivity index (χ1v) is 17.9. The van der Waals surface area contributed by atoms with Gasteiger partial charge in [-0.25, -0.2) is 9.37 Å². The third kappa shape index (κ3) is 10.1. The number of hydrogen-bond acceptors (Lipinski definition) is 6. The first kappa shape index (κ1) is 36.9. The molecule has 0 N–H and O–H groups in total. The van der Waals surface area contributed by atoms with Crippen molar-refractivity contribution in [2.45, 2.75) is 33.4 Å². The zero-order chi connectivity index (χ0) is 36.5. The molecule has 0 unspecified atom stereocenters. The van der Waals surface area contributed by atoms with E-state index in [4.69, 9.17) is 37.4 Å². The number of carbonyl (C=O) groups excluding carboxylic acids is 1. The predicted molar refractivity (Wildman–Crippen MR) is 204 cm³/mol. The smallest absolute Gasteiger partial charge is 0.246 e. The van der Waals surface area contributed by atoms with Crippen molar-refractivity contribution < 1.29 is 23.4 Å². The molecular formula is C42H40Cl2FN3O4. The fourth-order valence-corrected chi connectivity index (χ4v) is 6.32. The molecule has 0 radical (unpaired) electrons. The fraction of sp³-hybridized carbons (Fsp3) is 0.238. The second-order valence-electron chi connectivity index (χ2n) is 12.7. The Kier molecular flexibility index (Phi) is 12.5. The Morgan fingerprint density at radius 3 is 2.29 bits per heavy atom. The van der Waals surface area contributed by atoms with Crippen molar-refractivity contribution in [2.24, 2.45) is 0 Å². The maximum atomic E-state index is 14.1. The van der Waals surface area contributed by atoms with Crippen LogP contribution in [0.15, 0.2) is 103 Å². The molecule has 7 nitrogen and oxygen atoms in total. The number of aryl methyl sites for hydroxylation is 2. The molecule has 1 aliphatic heterocycles. The van der Waals surface area contributed by atoms with E-state index >= 15 is 0 Å². The highest BCUT2D eigenvalue weighted by Gasteiger charge is 2.20. The summed E-state index contributed by atoms with van der Waals surface area (Å²) in [6.07, 6.45) is 5.72. The van der Waals surface area contributed by atoms with Crippen LogP contribution in [0.1, 0.15) is 33.4 Å². The maximum Gasteiger partial charge on any atom is 0.246 e. The van der Waals surface area contributed by atoms with Crippen LogP contribution < -0.4 is 14.2 Å². The first-order valence-electron chi connectivity index (χ1n) is 17.2. The number of nitrogens with zero attached hydrogens (tertiary/aromatic N) is 3. The van der Waals surface area contributed by atoms with E-state index < -0.39 is 5.82 Å². The summed E-state index contributed by atoms with van der Waals surface area (Å²) in [5.41, 5.74) is 5.65. The number of pyridine rings is 1. The standard InChI is InChI=1S/C42H40Cl2FN3O4/c1-29-6-13-35(14-7-29)50-23-18-31-8-10-32(11-9-31)27-47-19-21-48(22-20-47)40(49)17-12-33-24-30(2)42(38(44)25-33)52-39-16-15-36(26-46-39)51-28-34-4-3-5-37(43)41(34)45/h3-17,24-26H,18-23,27-28H2,1-2H3. The molecule has 268 valence electrons. The normalized spacial score (nSPS) is 13.4. The van der Waals surface area contributed by atoms with E-state index in [2.05, 4.69) is 53.2 Å². The Morgan fingerprint density at radius 1 is 0.846 bits per heavy atom. The largest absolute Gasteiger partial charge is 0.493 e. The number of piperazine rings is 1. The Labute approximate surface area is 314 Å². The number of benzene rings is 4. The van der Waals surface area contributed by atoms with Gasteiger partial charge in [0.25, 0.3) is 0 Å². The minimum Gasteiger partial charge on any atom is -0.493 e. The summed E-state index contributed by atoms with van der Waals surface area (Å²) in [5, 5.41) is 0.436. The highest BCUT2D eigenvalue weighted by molar-refractivity contribution is 6.32. The number of amides is 1. The van der Waals surface area contributed by atoms with Crippen molar-refractivity contribution in [3.05, 3.63) is 153 Å². The number of hydrogen-bond donors (Lipinski definition) is 0. The van der Waals surface area contributed by atoms with Gasteiger partial charge < -0.3 is 19.1 Å². The molecule has 52 heavy (non-hydrogen) atoms. The molecule has 1 aromatic heterocycles. The molecule has 0 atom stereocenters. The lowest BCUT2D eigenvalue weighted by molar-refractivity contribution is -0.127. The second kappa shape index (κ2) is 17.6. The van der Waals surface area contributed by atoms with Crippen molar-refractivity contribution in [1.29, 1.82) is 0 Å². The van der Waals surface area contributed by atoms with Crippen LogP contribution in [-0.2, 0) is 24.4 Å². The highest BCUT2D eigenvalue weighted by Crippen LogP contribution is 2.34. The Balaban J connectivity index is 0.937. The van der Waals surface area contributed by atoms with Gasteiger partial charge in [-0.15, -0.1) is 0 Å². The molecule has 0 aliphatic carbocycles. The lowest BCUT2D eigenvalue weighted by Crippen LogP contribution is -2.47. The van der Waals surface area contributed by atoms with E-state index in [1.807, 2.05) is 30.0 Å². The average Bonchev–Trinajstić information content (AvgIpc) is 3.15. The number of ether oxygens (including phenoxy) is 3. The minimum atomic E-state index is -0.506. The van der Waals surface area contributed by atoms with Crippen molar-refractivity contribution in [3.63, 3.8) is 0 Å². The van der Waals surface area contributed by atoms with Gasteiger partial charge in [0.15, 0.2) is 5.75 Å². The maximum absolute atomic E-state index is 14.1. The molecule has 2 heterocycles. The van der Waals surface area contributed by atoms with Crippen LogP contribution in [0, 0.1) is 19.7 Å². The second-order valence-corrected chi connectivity index (χ2v) is 13.6. The lowest BCUT2D eigenvalue weighted by atomic mass is 10.1. The number of aromatic nitrogens is 1. The molecule has 5 aromatic rings. The van der Waals surface area contributed by atoms with E-state index in [0.717, 1.165) is 42.9 Å². The van der Waals surface area contributed by atoms with Crippen LogP contribution in [0.3, 0.4) is 0 Å². The van der Waals surface area contributed by atoms with Gasteiger partial charge >= 0.3 is 0 Å². The van der Waals surface area contributed by atoms with Gasteiger partial charge in [-0.05, 0) is 78.6 Å². The lowest BCUT2D eigenvalue weighted by Gasteiger charge is -2.34. The predicted octanol–water partition coefficient (Wildman–Crippen LogP) is 9.49. The summed E-state index contributed by atoms with van der Waals surface area (Å²) < 4.78 is 31.6. The van der Waals surface area contributed by atoms with Crippen molar-refractivity contribution in [1.82, 2.24) is 14.8 Å². The SMILES string of the molecule is Cc1ccc(OCCc2ccc(CN3CCN(C(=O)C=Cc4cc(C)c(Oc5ccc(OCc6cccc(Cl)c6F)cn5)c(Cl)c4)CC3)cc2)cc1. The van der Waals surface area contributed by atoms with Gasteiger partial charge in [-0.1, -0.05) is 77.3 Å². The summed E-state index contributed by atoms with van der Waals surface area (Å²) in [5.74, 6) is 1.59. The molecule has 10 heteroatoms. The van der Waals surface area contributed by atoms with E-state index in [-0.39, 0.29) is 17.5 Å². The van der Waals surface area contributed by atoms with Crippen LogP contribution >= 0.6 is 23.2 Å². The molecule has 6 rings (SSSR count). The van der Waals surface area contributed by atoms with E-state index in [1.54, 1.807) is 42.5 Å². The van der Waals surface area contributed by atoms with Gasteiger partial charge in [0, 0.05) is 56.9 Å². The summed E-state index contributed by atoms with van der Waals surface area (Å²) in [6, 6.07) is 28.6. The monoisotopic (exact) mass is 739 g/mol. The number of carbonyl (C=O) groups is 1. The van der Waals surface area contributed by atoms with Gasteiger partial charge in [-0.3, -0.25) is 9.69 Å². The summed E-state index contributed by atoms with van der Waals surface area (Å²) in [4.78, 5) is 21.6. The molecule has 1 amide bonds. The zero-order valence-corrected chi connectivity index (χ0v) is 30.7. The molecule has 1 saturated heterocycles. The Hall–Kier alpha value is -4.89. The third-order valence-electron chi connectivity index (χ3n) is 8.81. The quantitative estimate of drug-likeness (QED) is 0.112. The molecule has 1 fully saturated rings. The summed E-state index contributed by atoms with van der Waals surface area (Å²) in [7, 11) is 0. The fourth-order valence-electron chi connectivity index (χ4n) is 5.81. The first-order chi connectivity index (χ1) is 25.2. The zero-order valence-electron chi connectivity index (χ0n) is 29.2. The van der Waals surface area contributed by atoms with Crippen LogP contribution in [0.2, 0.25) is 10.0 Å². The number of rotatable bonds is 13. The molecule has 0 spiro atoms. The van der Waals surface area contributed by atoms with Crippen molar-refractivity contribution in [3.8, 4) is 23.1 Å². The molecule has 0 saturated carbocycles. The average molecular weight is 741 g/mol. The van der Waals surface area contributed by atoms with Crippen LogP contribution in [0.5, 0.6) is 23.1 Å². The minimum absolute atomic E-state index is 0.00931. The molecule has 0 bridgehead atoms. The van der Waals surface area contributed by atoms with Crippen LogP contribution in [0.25, 0.3) is 6.08 Å². The van der Waals surface area contributed by atoms with E-state index in [1.165, 1.54) is 29.0 Å². The highest BCUT2D eigenvalue weighted by atomic mass is 35.5. The Bertz CT molecular complexity index is 1970. The topological polar surface area (TPSA) is 64.1 Å². The Morgan fingerprint density at radius 2 is 1.58 bits per heavy atom. The summed E-state index contributed by atoms with van der Waals surface area (Å²) in [6.45, 7) is 8.40. The van der Waals surface area contributed by atoms with Gasteiger partial charge in [0.1, 0.15) is 23.9 Å². The van der Waals surface area contributed by atoms with Crippen molar-refractivity contribution >= 4 is 35.2 Å². The molecule has 1 aliphatic rings. The van der Waals surface area contributed by atoms with E-state index in [9.17, 15) is 9.18 Å². The van der Waals surface area contributed by atoms with Gasteiger partial charge in [0.05, 0.1) is 22.8 Å². The third-order valence-corrected chi connectivity index (χ3v) is 9.38. The van der Waals surface area contributed by atoms with Crippen molar-refractivity contribution in [2.75, 3.05) is 32.8 Å². The van der Waals surface area contributed by atoms with E-state index in [0.29, 0.717) is 47.7 Å².